The lowest BCUT2D eigenvalue weighted by Gasteiger charge is -2.58. The number of aliphatic hydroxyl groups excluding tert-OH is 2. The second-order valence-corrected chi connectivity index (χ2v) is 10.5. The summed E-state index contributed by atoms with van der Waals surface area (Å²) in [7, 11) is 1.31. The molecule has 2 bridgehead atoms. The average Bonchev–Trinajstić information content (AvgIpc) is 3.25. The van der Waals surface area contributed by atoms with E-state index in [4.69, 9.17) is 18.9 Å². The Hall–Kier alpha value is -2.53. The standard InChI is InChI=1S/C26H35NO9/c1-12(7-8-16(28)19-18(30)11-27-23(19)31)9-13(2)21-14(3)22-17(29)10-25(5)26(35-21,36-22)20(15(4)34-25)24(32)33-6/h7-9,13-15,17,20-22,28-29H,10-11H2,1-6H3,(H,27,31). The first-order valence-corrected chi connectivity index (χ1v) is 12.3. The van der Waals surface area contributed by atoms with Crippen LogP contribution >= 0.6 is 0 Å². The predicted molar refractivity (Wildman–Crippen MR) is 126 cm³/mol. The molecule has 0 aromatic heterocycles. The molecule has 4 rings (SSSR count). The van der Waals surface area contributed by atoms with Crippen LogP contribution in [0.4, 0.5) is 0 Å². The Labute approximate surface area is 210 Å². The minimum atomic E-state index is -1.41. The number of nitrogens with one attached hydrogen (secondary N) is 1. The number of ketones is 1. The molecule has 0 aliphatic carbocycles. The van der Waals surface area contributed by atoms with Crippen molar-refractivity contribution in [3.63, 3.8) is 0 Å². The first-order valence-electron chi connectivity index (χ1n) is 12.3. The van der Waals surface area contributed by atoms with Crippen molar-refractivity contribution in [1.29, 1.82) is 0 Å². The highest BCUT2D eigenvalue weighted by Crippen LogP contribution is 2.58. The maximum Gasteiger partial charge on any atom is 0.316 e. The quantitative estimate of drug-likeness (QED) is 0.167. The van der Waals surface area contributed by atoms with E-state index >= 15 is 0 Å². The predicted octanol–water partition coefficient (Wildman–Crippen LogP) is 1.48. The van der Waals surface area contributed by atoms with Gasteiger partial charge in [-0.1, -0.05) is 31.6 Å². The molecular weight excluding hydrogens is 470 g/mol. The van der Waals surface area contributed by atoms with Gasteiger partial charge < -0.3 is 34.5 Å². The fourth-order valence-electron chi connectivity index (χ4n) is 6.20. The highest BCUT2D eigenvalue weighted by Gasteiger charge is 2.74. The van der Waals surface area contributed by atoms with Crippen LogP contribution < -0.4 is 5.32 Å². The minimum Gasteiger partial charge on any atom is -0.507 e. The second kappa shape index (κ2) is 9.41. The fraction of sp³-hybridized carbons (Fsp3) is 0.654. The molecule has 4 saturated heterocycles. The molecule has 0 radical (unpaired) electrons. The zero-order chi connectivity index (χ0) is 26.6. The Morgan fingerprint density at radius 2 is 1.92 bits per heavy atom. The Morgan fingerprint density at radius 3 is 2.53 bits per heavy atom. The summed E-state index contributed by atoms with van der Waals surface area (Å²) in [6, 6.07) is 0. The smallest absolute Gasteiger partial charge is 0.316 e. The van der Waals surface area contributed by atoms with Gasteiger partial charge in [-0.2, -0.15) is 0 Å². The van der Waals surface area contributed by atoms with Crippen molar-refractivity contribution >= 4 is 17.7 Å². The van der Waals surface area contributed by atoms with Gasteiger partial charge in [0.1, 0.15) is 22.9 Å². The molecule has 3 N–H and O–H groups in total. The Bertz CT molecular complexity index is 1030. The molecule has 10 heteroatoms. The third-order valence-corrected chi connectivity index (χ3v) is 7.87. The number of fused-ring (bicyclic) bond motifs is 1. The van der Waals surface area contributed by atoms with Gasteiger partial charge in [0, 0.05) is 18.3 Å². The number of rotatable bonds is 5. The number of aliphatic hydroxyl groups is 2. The minimum absolute atomic E-state index is 0.126. The van der Waals surface area contributed by atoms with Crippen LogP contribution in [0.1, 0.15) is 41.0 Å². The highest BCUT2D eigenvalue weighted by atomic mass is 16.8. The van der Waals surface area contributed by atoms with Crippen LogP contribution in [0.3, 0.4) is 0 Å². The lowest BCUT2D eigenvalue weighted by molar-refractivity contribution is -0.417. The van der Waals surface area contributed by atoms with Crippen molar-refractivity contribution in [2.45, 2.75) is 76.8 Å². The highest BCUT2D eigenvalue weighted by molar-refractivity contribution is 6.25. The molecule has 4 fully saturated rings. The lowest BCUT2D eigenvalue weighted by Crippen LogP contribution is -2.72. The largest absolute Gasteiger partial charge is 0.507 e. The maximum absolute atomic E-state index is 12.8. The van der Waals surface area contributed by atoms with Crippen molar-refractivity contribution in [3.8, 4) is 0 Å². The lowest BCUT2D eigenvalue weighted by atomic mass is 9.72. The van der Waals surface area contributed by atoms with Crippen LogP contribution in [-0.4, -0.2) is 77.3 Å². The molecule has 1 amide bonds. The first-order chi connectivity index (χ1) is 16.8. The average molecular weight is 506 g/mol. The van der Waals surface area contributed by atoms with Crippen LogP contribution in [0.15, 0.2) is 35.1 Å². The summed E-state index contributed by atoms with van der Waals surface area (Å²) in [6.07, 6.45) is 2.78. The molecule has 1 spiro atoms. The number of hydrogen-bond acceptors (Lipinski definition) is 9. The number of carbonyl (C=O) groups is 3. The third kappa shape index (κ3) is 4.09. The third-order valence-electron chi connectivity index (χ3n) is 7.87. The Kier molecular flexibility index (Phi) is 6.93. The van der Waals surface area contributed by atoms with Crippen molar-refractivity contribution in [3.05, 3.63) is 35.1 Å². The number of Topliss-reactive ketones (excluding diaryl/α,β-unsaturated/α-hetero) is 1. The monoisotopic (exact) mass is 505 g/mol. The summed E-state index contributed by atoms with van der Waals surface area (Å²) in [6.45, 7) is 9.16. The molecule has 0 aromatic carbocycles. The van der Waals surface area contributed by atoms with Crippen molar-refractivity contribution < 1.29 is 43.5 Å². The maximum atomic E-state index is 12.8. The number of methoxy groups -OCH3 is 1. The van der Waals surface area contributed by atoms with Crippen LogP contribution in [0.25, 0.3) is 0 Å². The van der Waals surface area contributed by atoms with Gasteiger partial charge in [0.05, 0.1) is 38.1 Å². The number of carbonyl (C=O) groups excluding carboxylic acids is 3. The summed E-state index contributed by atoms with van der Waals surface area (Å²) in [5.41, 5.74) is -0.545. The summed E-state index contributed by atoms with van der Waals surface area (Å²) >= 11 is 0. The van der Waals surface area contributed by atoms with Gasteiger partial charge in [-0.05, 0) is 26.8 Å². The van der Waals surface area contributed by atoms with E-state index in [-0.39, 0.29) is 30.4 Å². The van der Waals surface area contributed by atoms with Crippen LogP contribution in [0.2, 0.25) is 0 Å². The van der Waals surface area contributed by atoms with E-state index in [1.54, 1.807) is 19.9 Å². The molecule has 4 aliphatic rings. The second-order valence-electron chi connectivity index (χ2n) is 10.5. The van der Waals surface area contributed by atoms with Gasteiger partial charge in [-0.15, -0.1) is 0 Å². The molecule has 9 atom stereocenters. The van der Waals surface area contributed by atoms with E-state index in [2.05, 4.69) is 5.32 Å². The molecule has 36 heavy (non-hydrogen) atoms. The SMILES string of the molecule is COC(=O)C1C(C)OC2(C)CC(O)C3OC12OC(C(C)C=C(C)C=CC(O)=C1C(=O)CNC1=O)C3C. The molecule has 4 aliphatic heterocycles. The molecule has 4 heterocycles. The van der Waals surface area contributed by atoms with E-state index in [0.29, 0.717) is 0 Å². The topological polar surface area (TPSA) is 141 Å². The summed E-state index contributed by atoms with van der Waals surface area (Å²) < 4.78 is 24.3. The zero-order valence-corrected chi connectivity index (χ0v) is 21.4. The number of hydrogen-bond donors (Lipinski definition) is 3. The normalized spacial score (nSPS) is 42.8. The van der Waals surface area contributed by atoms with Crippen LogP contribution in [-0.2, 0) is 33.3 Å². The van der Waals surface area contributed by atoms with E-state index in [9.17, 15) is 24.6 Å². The number of allylic oxidation sites excluding steroid dienone is 3. The van der Waals surface area contributed by atoms with Gasteiger partial charge >= 0.3 is 5.97 Å². The molecule has 0 aromatic rings. The molecule has 10 nitrogen and oxygen atoms in total. The summed E-state index contributed by atoms with van der Waals surface area (Å²) in [5.74, 6) is -4.57. The number of esters is 1. The fourth-order valence-corrected chi connectivity index (χ4v) is 6.20. The molecule has 198 valence electrons. The van der Waals surface area contributed by atoms with Crippen molar-refractivity contribution in [2.24, 2.45) is 17.8 Å². The van der Waals surface area contributed by atoms with Gasteiger partial charge in [-0.3, -0.25) is 14.4 Å². The number of amides is 1. The van der Waals surface area contributed by atoms with Gasteiger partial charge in [0.25, 0.3) is 5.91 Å². The van der Waals surface area contributed by atoms with Crippen LogP contribution in [0, 0.1) is 17.8 Å². The van der Waals surface area contributed by atoms with Gasteiger partial charge in [-0.25, -0.2) is 0 Å². The van der Waals surface area contributed by atoms with Gasteiger partial charge in [0.2, 0.25) is 5.79 Å². The Balaban J connectivity index is 1.62. The van der Waals surface area contributed by atoms with Crippen LogP contribution in [0.5, 0.6) is 0 Å². The summed E-state index contributed by atoms with van der Waals surface area (Å²) in [5, 5.41) is 23.5. The van der Waals surface area contributed by atoms with E-state index in [1.165, 1.54) is 13.2 Å². The van der Waals surface area contributed by atoms with E-state index < -0.39 is 65.1 Å². The molecule has 0 saturated carbocycles. The molecular formula is C26H35NO9. The van der Waals surface area contributed by atoms with Gasteiger partial charge in [0.15, 0.2) is 5.78 Å². The van der Waals surface area contributed by atoms with E-state index in [0.717, 1.165) is 5.57 Å². The van der Waals surface area contributed by atoms with Crippen molar-refractivity contribution in [2.75, 3.05) is 13.7 Å². The number of ether oxygens (including phenoxy) is 4. The summed E-state index contributed by atoms with van der Waals surface area (Å²) in [4.78, 5) is 36.4. The van der Waals surface area contributed by atoms with Crippen molar-refractivity contribution in [1.82, 2.24) is 5.32 Å². The van der Waals surface area contributed by atoms with E-state index in [1.807, 2.05) is 26.8 Å². The zero-order valence-electron chi connectivity index (χ0n) is 21.4. The first kappa shape index (κ1) is 26.5. The molecule has 9 unspecified atom stereocenters. The Morgan fingerprint density at radius 1 is 1.22 bits per heavy atom.